The molecule has 1 unspecified atom stereocenters. The molecule has 0 aromatic heterocycles. The molecule has 0 bridgehead atoms. The van der Waals surface area contributed by atoms with E-state index in [1.807, 2.05) is 6.07 Å². The monoisotopic (exact) mass is 285 g/mol. The smallest absolute Gasteiger partial charge is 0.124 e. The maximum atomic E-state index is 13.3. The van der Waals surface area contributed by atoms with Gasteiger partial charge in [-0.15, -0.1) is 0 Å². The minimum Gasteiger partial charge on any atom is -0.324 e. The van der Waals surface area contributed by atoms with Crippen LogP contribution in [0.15, 0.2) is 22.7 Å². The number of benzene rings is 1. The van der Waals surface area contributed by atoms with Gasteiger partial charge >= 0.3 is 0 Å². The predicted octanol–water partition coefficient (Wildman–Crippen LogP) is 4.17. The molecule has 0 saturated heterocycles. The molecule has 1 aliphatic rings. The third-order valence-electron chi connectivity index (χ3n) is 3.43. The fraction of sp³-hybridized carbons (Fsp3) is 0.538. The molecule has 1 fully saturated rings. The van der Waals surface area contributed by atoms with E-state index in [9.17, 15) is 4.39 Å². The van der Waals surface area contributed by atoms with E-state index < -0.39 is 0 Å². The van der Waals surface area contributed by atoms with Gasteiger partial charge in [0.25, 0.3) is 0 Å². The van der Waals surface area contributed by atoms with Crippen molar-refractivity contribution in [2.45, 2.75) is 38.1 Å². The molecule has 0 amide bonds. The maximum Gasteiger partial charge on any atom is 0.124 e. The normalized spacial score (nSPS) is 19.7. The van der Waals surface area contributed by atoms with Crippen LogP contribution in [0.3, 0.4) is 0 Å². The van der Waals surface area contributed by atoms with Crippen molar-refractivity contribution in [1.82, 2.24) is 0 Å². The van der Waals surface area contributed by atoms with Gasteiger partial charge in [-0.2, -0.15) is 0 Å². The first-order valence-corrected chi connectivity index (χ1v) is 6.67. The van der Waals surface area contributed by atoms with E-state index in [4.69, 9.17) is 5.73 Å². The first kappa shape index (κ1) is 12.1. The van der Waals surface area contributed by atoms with E-state index in [-0.39, 0.29) is 11.9 Å². The molecule has 3 heteroatoms. The summed E-state index contributed by atoms with van der Waals surface area (Å²) in [4.78, 5) is 0. The maximum absolute atomic E-state index is 13.3. The average Bonchev–Trinajstić information content (AvgIpc) is 2.28. The fourth-order valence-electron chi connectivity index (χ4n) is 2.53. The number of halogens is 2. The predicted molar refractivity (Wildman–Crippen MR) is 67.6 cm³/mol. The third kappa shape index (κ3) is 2.83. The largest absolute Gasteiger partial charge is 0.324 e. The third-order valence-corrected chi connectivity index (χ3v) is 3.89. The molecule has 1 atom stereocenters. The van der Waals surface area contributed by atoms with Crippen LogP contribution < -0.4 is 5.73 Å². The lowest BCUT2D eigenvalue weighted by Gasteiger charge is -2.27. The van der Waals surface area contributed by atoms with Gasteiger partial charge in [0.15, 0.2) is 0 Å². The standard InChI is InChI=1S/C13H17BrFN/c14-11-6-10(7-12(15)8-11)13(16)9-4-2-1-3-5-9/h6-9,13H,1-5,16H2. The lowest BCUT2D eigenvalue weighted by Crippen LogP contribution is -2.23. The van der Waals surface area contributed by atoms with Crippen LogP contribution >= 0.6 is 15.9 Å². The molecule has 0 spiro atoms. The molecule has 88 valence electrons. The Kier molecular flexibility index (Phi) is 3.98. The Labute approximate surface area is 104 Å². The molecule has 1 aromatic rings. The Balaban J connectivity index is 2.15. The van der Waals surface area contributed by atoms with Gasteiger partial charge in [0.2, 0.25) is 0 Å². The van der Waals surface area contributed by atoms with Crippen LogP contribution in [0.4, 0.5) is 4.39 Å². The summed E-state index contributed by atoms with van der Waals surface area (Å²) in [7, 11) is 0. The molecule has 1 aromatic carbocycles. The van der Waals surface area contributed by atoms with Crippen molar-refractivity contribution in [2.75, 3.05) is 0 Å². The summed E-state index contributed by atoms with van der Waals surface area (Å²) in [5.74, 6) is 0.304. The Morgan fingerprint density at radius 3 is 2.50 bits per heavy atom. The number of rotatable bonds is 2. The highest BCUT2D eigenvalue weighted by Crippen LogP contribution is 2.33. The van der Waals surface area contributed by atoms with Gasteiger partial charge in [-0.25, -0.2) is 4.39 Å². The molecule has 0 aliphatic heterocycles. The minimum absolute atomic E-state index is 0.0210. The molecule has 16 heavy (non-hydrogen) atoms. The van der Waals surface area contributed by atoms with E-state index in [0.29, 0.717) is 5.92 Å². The van der Waals surface area contributed by atoms with E-state index in [1.54, 1.807) is 6.07 Å². The lowest BCUT2D eigenvalue weighted by molar-refractivity contribution is 0.308. The summed E-state index contributed by atoms with van der Waals surface area (Å²) in [5.41, 5.74) is 7.14. The van der Waals surface area contributed by atoms with E-state index in [2.05, 4.69) is 15.9 Å². The molecule has 0 radical (unpaired) electrons. The van der Waals surface area contributed by atoms with Gasteiger partial charge in [0.1, 0.15) is 5.82 Å². The van der Waals surface area contributed by atoms with Gasteiger partial charge in [0, 0.05) is 10.5 Å². The van der Waals surface area contributed by atoms with Crippen molar-refractivity contribution in [3.05, 3.63) is 34.1 Å². The number of nitrogens with two attached hydrogens (primary N) is 1. The van der Waals surface area contributed by atoms with Crippen molar-refractivity contribution >= 4 is 15.9 Å². The summed E-state index contributed by atoms with van der Waals surface area (Å²) in [6.45, 7) is 0. The molecular formula is C13H17BrFN. The van der Waals surface area contributed by atoms with Crippen molar-refractivity contribution in [3.8, 4) is 0 Å². The number of hydrogen-bond donors (Lipinski definition) is 1. The average molecular weight is 286 g/mol. The Bertz CT molecular complexity index is 341. The molecule has 2 N–H and O–H groups in total. The second kappa shape index (κ2) is 5.28. The van der Waals surface area contributed by atoms with Gasteiger partial charge in [-0.05, 0) is 42.5 Å². The van der Waals surface area contributed by atoms with Crippen LogP contribution in [0.1, 0.15) is 43.7 Å². The molecule has 2 rings (SSSR count). The lowest BCUT2D eigenvalue weighted by atomic mass is 9.81. The van der Waals surface area contributed by atoms with Crippen LogP contribution in [-0.2, 0) is 0 Å². The highest BCUT2D eigenvalue weighted by molar-refractivity contribution is 9.10. The van der Waals surface area contributed by atoms with Crippen LogP contribution in [0.5, 0.6) is 0 Å². The highest BCUT2D eigenvalue weighted by Gasteiger charge is 2.22. The van der Waals surface area contributed by atoms with Crippen molar-refractivity contribution in [1.29, 1.82) is 0 Å². The Hall–Kier alpha value is -0.410. The summed E-state index contributed by atoms with van der Waals surface area (Å²) >= 11 is 3.31. The molecule has 1 aliphatic carbocycles. The second-order valence-corrected chi connectivity index (χ2v) is 5.54. The van der Waals surface area contributed by atoms with Crippen molar-refractivity contribution in [2.24, 2.45) is 11.7 Å². The van der Waals surface area contributed by atoms with Crippen LogP contribution in [0, 0.1) is 11.7 Å². The topological polar surface area (TPSA) is 26.0 Å². The minimum atomic E-state index is -0.212. The first-order chi connectivity index (χ1) is 7.66. The molecule has 1 saturated carbocycles. The van der Waals surface area contributed by atoms with E-state index in [1.165, 1.54) is 38.2 Å². The van der Waals surface area contributed by atoms with Gasteiger partial charge in [0.05, 0.1) is 0 Å². The SMILES string of the molecule is NC(c1cc(F)cc(Br)c1)C1CCCCC1. The van der Waals surface area contributed by atoms with Gasteiger partial charge in [-0.1, -0.05) is 35.2 Å². The zero-order chi connectivity index (χ0) is 11.5. The summed E-state index contributed by atoms with van der Waals surface area (Å²) in [5, 5.41) is 0. The van der Waals surface area contributed by atoms with Crippen LogP contribution in [0.2, 0.25) is 0 Å². The Morgan fingerprint density at radius 1 is 1.19 bits per heavy atom. The summed E-state index contributed by atoms with van der Waals surface area (Å²) in [6.07, 6.45) is 6.18. The number of hydrogen-bond acceptors (Lipinski definition) is 1. The fourth-order valence-corrected chi connectivity index (χ4v) is 3.02. The van der Waals surface area contributed by atoms with E-state index >= 15 is 0 Å². The zero-order valence-electron chi connectivity index (χ0n) is 9.26. The van der Waals surface area contributed by atoms with Gasteiger partial charge in [-0.3, -0.25) is 0 Å². The zero-order valence-corrected chi connectivity index (χ0v) is 10.8. The quantitative estimate of drug-likeness (QED) is 0.867. The summed E-state index contributed by atoms with van der Waals surface area (Å²) in [6, 6.07) is 4.94. The first-order valence-electron chi connectivity index (χ1n) is 5.88. The van der Waals surface area contributed by atoms with E-state index in [0.717, 1.165) is 10.0 Å². The van der Waals surface area contributed by atoms with Crippen LogP contribution in [-0.4, -0.2) is 0 Å². The van der Waals surface area contributed by atoms with Crippen LogP contribution in [0.25, 0.3) is 0 Å². The molecule has 1 nitrogen and oxygen atoms in total. The molecule has 0 heterocycles. The van der Waals surface area contributed by atoms with Gasteiger partial charge < -0.3 is 5.73 Å². The second-order valence-electron chi connectivity index (χ2n) is 4.63. The van der Waals surface area contributed by atoms with Crippen molar-refractivity contribution < 1.29 is 4.39 Å². The van der Waals surface area contributed by atoms with Crippen molar-refractivity contribution in [3.63, 3.8) is 0 Å². The Morgan fingerprint density at radius 2 is 1.88 bits per heavy atom. The highest BCUT2D eigenvalue weighted by atomic mass is 79.9. The molecular weight excluding hydrogens is 269 g/mol. The summed E-state index contributed by atoms with van der Waals surface area (Å²) < 4.78 is 14.0.